The van der Waals surface area contributed by atoms with Gasteiger partial charge in [0.25, 0.3) is 5.56 Å². The van der Waals surface area contributed by atoms with E-state index < -0.39 is 0 Å². The van der Waals surface area contributed by atoms with Crippen LogP contribution >= 0.6 is 11.6 Å². The highest BCUT2D eigenvalue weighted by Crippen LogP contribution is 2.29. The van der Waals surface area contributed by atoms with Crippen LogP contribution in [0.3, 0.4) is 0 Å². The number of rotatable bonds is 4. The van der Waals surface area contributed by atoms with Crippen molar-refractivity contribution in [2.45, 2.75) is 0 Å². The van der Waals surface area contributed by atoms with E-state index in [4.69, 9.17) is 21.1 Å². The van der Waals surface area contributed by atoms with Gasteiger partial charge in [-0.05, 0) is 35.9 Å². The normalized spacial score (nSPS) is 10.8. The zero-order valence-electron chi connectivity index (χ0n) is 15.2. The number of halogens is 1. The minimum absolute atomic E-state index is 0.128. The van der Waals surface area contributed by atoms with E-state index in [9.17, 15) is 4.79 Å². The van der Waals surface area contributed by atoms with Crippen molar-refractivity contribution in [2.24, 2.45) is 0 Å². The summed E-state index contributed by atoms with van der Waals surface area (Å²) in [6.45, 7) is 0. The summed E-state index contributed by atoms with van der Waals surface area (Å²) < 4.78 is 12.1. The second-order valence-electron chi connectivity index (χ2n) is 5.99. The van der Waals surface area contributed by atoms with Gasteiger partial charge in [0.2, 0.25) is 5.88 Å². The highest BCUT2D eigenvalue weighted by molar-refractivity contribution is 6.30. The fraction of sp³-hybridized carbons (Fsp3) is 0.0952. The molecule has 0 atom stereocenters. The summed E-state index contributed by atoms with van der Waals surface area (Å²) in [6.07, 6.45) is 0. The lowest BCUT2D eigenvalue weighted by atomic mass is 10.1. The fourth-order valence-electron chi connectivity index (χ4n) is 3.06. The molecule has 28 heavy (non-hydrogen) atoms. The smallest absolute Gasteiger partial charge is 0.320 e. The third-order valence-electron chi connectivity index (χ3n) is 4.34. The number of aromatic nitrogens is 3. The molecule has 4 aromatic rings. The Bertz CT molecular complexity index is 1210. The Morgan fingerprint density at radius 1 is 0.929 bits per heavy atom. The summed E-state index contributed by atoms with van der Waals surface area (Å²) in [5.74, 6) is 0.166. The molecule has 2 heterocycles. The molecule has 0 fully saturated rings. The van der Waals surface area contributed by atoms with E-state index in [1.165, 1.54) is 14.2 Å². The molecular weight excluding hydrogens is 378 g/mol. The van der Waals surface area contributed by atoms with Crippen LogP contribution in [0.25, 0.3) is 27.8 Å². The van der Waals surface area contributed by atoms with E-state index >= 15 is 0 Å². The maximum absolute atomic E-state index is 13.5. The molecule has 0 bridgehead atoms. The van der Waals surface area contributed by atoms with Crippen LogP contribution in [0.15, 0.2) is 65.5 Å². The largest absolute Gasteiger partial charge is 0.480 e. The summed E-state index contributed by atoms with van der Waals surface area (Å²) in [5.41, 5.74) is 2.36. The Morgan fingerprint density at radius 2 is 1.64 bits per heavy atom. The van der Waals surface area contributed by atoms with Crippen LogP contribution in [0.5, 0.6) is 11.9 Å². The molecular formula is C21H16ClN3O3. The van der Waals surface area contributed by atoms with Crippen LogP contribution in [-0.2, 0) is 0 Å². The average Bonchev–Trinajstić information content (AvgIpc) is 2.73. The Labute approximate surface area is 166 Å². The van der Waals surface area contributed by atoms with Gasteiger partial charge < -0.3 is 9.47 Å². The van der Waals surface area contributed by atoms with E-state index in [0.717, 1.165) is 11.3 Å². The number of benzene rings is 2. The second-order valence-corrected chi connectivity index (χ2v) is 6.43. The SMILES string of the molecule is COc1nc(OC)c2c(=O)n(-c3ccccc3)c(-c3ccc(Cl)cc3)cc2n1. The van der Waals surface area contributed by atoms with Gasteiger partial charge >= 0.3 is 6.01 Å². The van der Waals surface area contributed by atoms with Crippen molar-refractivity contribution in [2.75, 3.05) is 14.2 Å². The van der Waals surface area contributed by atoms with Crippen molar-refractivity contribution < 1.29 is 9.47 Å². The van der Waals surface area contributed by atoms with Crippen LogP contribution in [0.2, 0.25) is 5.02 Å². The molecule has 0 radical (unpaired) electrons. The lowest BCUT2D eigenvalue weighted by Gasteiger charge is -2.16. The number of para-hydroxylation sites is 1. The summed E-state index contributed by atoms with van der Waals surface area (Å²) in [4.78, 5) is 22.0. The van der Waals surface area contributed by atoms with Gasteiger partial charge in [-0.2, -0.15) is 9.97 Å². The van der Waals surface area contributed by atoms with Crippen molar-refractivity contribution in [3.8, 4) is 28.8 Å². The summed E-state index contributed by atoms with van der Waals surface area (Å²) in [6, 6.07) is 18.6. The minimum Gasteiger partial charge on any atom is -0.480 e. The topological polar surface area (TPSA) is 66.2 Å². The van der Waals surface area contributed by atoms with Gasteiger partial charge in [0.15, 0.2) is 0 Å². The zero-order valence-corrected chi connectivity index (χ0v) is 16.0. The van der Waals surface area contributed by atoms with Gasteiger partial charge in [0.1, 0.15) is 5.39 Å². The third-order valence-corrected chi connectivity index (χ3v) is 4.60. The second kappa shape index (κ2) is 7.32. The third kappa shape index (κ3) is 3.08. The van der Waals surface area contributed by atoms with Crippen molar-refractivity contribution in [1.82, 2.24) is 14.5 Å². The average molecular weight is 394 g/mol. The molecule has 7 heteroatoms. The molecule has 0 saturated heterocycles. The summed E-state index contributed by atoms with van der Waals surface area (Å²) in [7, 11) is 2.92. The number of hydrogen-bond donors (Lipinski definition) is 0. The van der Waals surface area contributed by atoms with Gasteiger partial charge in [-0.15, -0.1) is 0 Å². The van der Waals surface area contributed by atoms with E-state index in [-0.39, 0.29) is 22.8 Å². The molecule has 0 aliphatic heterocycles. The number of nitrogens with zero attached hydrogens (tertiary/aromatic N) is 3. The number of fused-ring (bicyclic) bond motifs is 1. The maximum atomic E-state index is 13.5. The van der Waals surface area contributed by atoms with Crippen LogP contribution in [0.4, 0.5) is 0 Å². The van der Waals surface area contributed by atoms with Crippen molar-refractivity contribution in [3.63, 3.8) is 0 Å². The highest BCUT2D eigenvalue weighted by atomic mass is 35.5. The van der Waals surface area contributed by atoms with Crippen LogP contribution in [0, 0.1) is 0 Å². The molecule has 0 saturated carbocycles. The summed E-state index contributed by atoms with van der Waals surface area (Å²) >= 11 is 6.04. The van der Waals surface area contributed by atoms with Crippen molar-refractivity contribution >= 4 is 22.5 Å². The number of methoxy groups -OCH3 is 2. The molecule has 140 valence electrons. The van der Waals surface area contributed by atoms with E-state index in [1.807, 2.05) is 48.5 Å². The van der Waals surface area contributed by atoms with Crippen LogP contribution in [0.1, 0.15) is 0 Å². The van der Waals surface area contributed by atoms with Crippen LogP contribution in [-0.4, -0.2) is 28.8 Å². The molecule has 0 spiro atoms. The Balaban J connectivity index is 2.14. The van der Waals surface area contributed by atoms with E-state index in [0.29, 0.717) is 16.2 Å². The first-order valence-electron chi connectivity index (χ1n) is 8.49. The van der Waals surface area contributed by atoms with Crippen molar-refractivity contribution in [1.29, 1.82) is 0 Å². The molecule has 0 aliphatic carbocycles. The minimum atomic E-state index is -0.284. The molecule has 2 aromatic heterocycles. The molecule has 0 aliphatic rings. The van der Waals surface area contributed by atoms with Gasteiger partial charge in [0.05, 0.1) is 25.4 Å². The Kier molecular flexibility index (Phi) is 4.71. The quantitative estimate of drug-likeness (QED) is 0.521. The fourth-order valence-corrected chi connectivity index (χ4v) is 3.19. The number of hydrogen-bond acceptors (Lipinski definition) is 5. The van der Waals surface area contributed by atoms with Gasteiger partial charge in [-0.3, -0.25) is 9.36 Å². The first kappa shape index (κ1) is 18.0. The van der Waals surface area contributed by atoms with Crippen molar-refractivity contribution in [3.05, 3.63) is 76.0 Å². The molecule has 0 amide bonds. The maximum Gasteiger partial charge on any atom is 0.320 e. The number of ether oxygens (including phenoxy) is 2. The lowest BCUT2D eigenvalue weighted by Crippen LogP contribution is -2.21. The zero-order chi connectivity index (χ0) is 19.7. The predicted octanol–water partition coefficient (Wildman–Crippen LogP) is 4.12. The highest BCUT2D eigenvalue weighted by Gasteiger charge is 2.19. The lowest BCUT2D eigenvalue weighted by molar-refractivity contribution is 0.356. The molecule has 2 aromatic carbocycles. The first-order valence-corrected chi connectivity index (χ1v) is 8.87. The Morgan fingerprint density at radius 3 is 2.29 bits per heavy atom. The van der Waals surface area contributed by atoms with Gasteiger partial charge in [-0.1, -0.05) is 41.9 Å². The first-order chi connectivity index (χ1) is 13.6. The standard InChI is InChI=1S/C21H16ClN3O3/c1-27-19-18-16(23-21(24-19)28-2)12-17(13-8-10-14(22)11-9-13)25(20(18)26)15-6-4-3-5-7-15/h3-12H,1-2H3. The predicted molar refractivity (Wildman–Crippen MR) is 109 cm³/mol. The molecule has 0 N–H and O–H groups in total. The van der Waals surface area contributed by atoms with E-state index in [1.54, 1.807) is 16.7 Å². The van der Waals surface area contributed by atoms with Gasteiger partial charge in [-0.25, -0.2) is 0 Å². The number of pyridine rings is 1. The molecule has 0 unspecified atom stereocenters. The van der Waals surface area contributed by atoms with Gasteiger partial charge in [0, 0.05) is 10.7 Å². The van der Waals surface area contributed by atoms with E-state index in [2.05, 4.69) is 9.97 Å². The van der Waals surface area contributed by atoms with Crippen LogP contribution < -0.4 is 15.0 Å². The summed E-state index contributed by atoms with van der Waals surface area (Å²) in [5, 5.41) is 0.897. The Hall–Kier alpha value is -3.38. The molecule has 6 nitrogen and oxygen atoms in total. The monoisotopic (exact) mass is 393 g/mol. The molecule has 4 rings (SSSR count).